The van der Waals surface area contributed by atoms with Crippen molar-refractivity contribution in [1.82, 2.24) is 9.78 Å². The van der Waals surface area contributed by atoms with Gasteiger partial charge in [-0.1, -0.05) is 29.4 Å². The van der Waals surface area contributed by atoms with Crippen molar-refractivity contribution in [3.63, 3.8) is 0 Å². The number of halogens is 3. The van der Waals surface area contributed by atoms with Crippen molar-refractivity contribution < 1.29 is 18.4 Å². The third-order valence-corrected chi connectivity index (χ3v) is 2.63. The van der Waals surface area contributed by atoms with E-state index in [1.54, 1.807) is 24.3 Å². The van der Waals surface area contributed by atoms with Gasteiger partial charge in [-0.15, -0.1) is 0 Å². The molecule has 0 aliphatic heterocycles. The number of alkyl halides is 3. The first-order valence-corrected chi connectivity index (χ1v) is 5.57. The number of hydrogen-bond donors (Lipinski definition) is 2. The molecule has 1 heterocycles. The highest BCUT2D eigenvalue weighted by Crippen LogP contribution is 2.27. The van der Waals surface area contributed by atoms with Gasteiger partial charge in [0.2, 0.25) is 0 Å². The molecule has 0 aliphatic carbocycles. The third kappa shape index (κ3) is 3.08. The van der Waals surface area contributed by atoms with Gasteiger partial charge in [-0.3, -0.25) is 4.68 Å². The Morgan fingerprint density at radius 3 is 2.40 bits per heavy atom. The van der Waals surface area contributed by atoms with Gasteiger partial charge >= 0.3 is 6.18 Å². The van der Waals surface area contributed by atoms with Crippen LogP contribution in [0.4, 0.5) is 13.2 Å². The number of benzene rings is 1. The normalized spacial score (nSPS) is 12.7. The number of rotatable bonds is 3. The van der Waals surface area contributed by atoms with Gasteiger partial charge in [0.05, 0.1) is 6.54 Å². The van der Waals surface area contributed by atoms with Gasteiger partial charge in [0.25, 0.3) is 0 Å². The second kappa shape index (κ2) is 5.24. The summed E-state index contributed by atoms with van der Waals surface area (Å²) in [5.41, 5.74) is 5.75. The van der Waals surface area contributed by atoms with E-state index in [1.165, 1.54) is 10.9 Å². The summed E-state index contributed by atoms with van der Waals surface area (Å²) in [6, 6.07) is 7.48. The van der Waals surface area contributed by atoms with Crippen molar-refractivity contribution in [2.45, 2.75) is 12.7 Å². The zero-order chi connectivity index (χ0) is 14.8. The lowest BCUT2D eigenvalue weighted by Crippen LogP contribution is -2.13. The molecule has 0 fully saturated rings. The standard InChI is InChI=1S/C12H11F3N4O/c13-12(14,15)10-5-6-19(17-10)7-8-1-3-9(4-2-8)11(16)18-20/h1-6,20H,7H2,(H2,16,18). The molecular formula is C12H11F3N4O. The molecule has 3 N–H and O–H groups in total. The van der Waals surface area contributed by atoms with Crippen LogP contribution in [0.5, 0.6) is 0 Å². The smallest absolute Gasteiger partial charge is 0.409 e. The topological polar surface area (TPSA) is 76.4 Å². The van der Waals surface area contributed by atoms with Crippen molar-refractivity contribution in [3.05, 3.63) is 53.3 Å². The number of amidine groups is 1. The summed E-state index contributed by atoms with van der Waals surface area (Å²) in [7, 11) is 0. The highest BCUT2D eigenvalue weighted by atomic mass is 19.4. The van der Waals surface area contributed by atoms with Crippen LogP contribution in [0.1, 0.15) is 16.8 Å². The largest absolute Gasteiger partial charge is 0.435 e. The van der Waals surface area contributed by atoms with Gasteiger partial charge < -0.3 is 10.9 Å². The number of hydrogen-bond acceptors (Lipinski definition) is 3. The summed E-state index contributed by atoms with van der Waals surface area (Å²) in [6.07, 6.45) is -3.18. The van der Waals surface area contributed by atoms with Gasteiger partial charge in [-0.2, -0.15) is 18.3 Å². The molecule has 20 heavy (non-hydrogen) atoms. The lowest BCUT2D eigenvalue weighted by atomic mass is 10.1. The van der Waals surface area contributed by atoms with Crippen LogP contribution >= 0.6 is 0 Å². The van der Waals surface area contributed by atoms with E-state index in [9.17, 15) is 13.2 Å². The molecule has 5 nitrogen and oxygen atoms in total. The van der Waals surface area contributed by atoms with Crippen LogP contribution in [-0.2, 0) is 12.7 Å². The van der Waals surface area contributed by atoms with Crippen LogP contribution in [0.25, 0.3) is 0 Å². The van der Waals surface area contributed by atoms with E-state index < -0.39 is 11.9 Å². The van der Waals surface area contributed by atoms with E-state index in [4.69, 9.17) is 10.9 Å². The first kappa shape index (κ1) is 13.9. The van der Waals surface area contributed by atoms with Crippen molar-refractivity contribution in [1.29, 1.82) is 0 Å². The van der Waals surface area contributed by atoms with E-state index in [0.29, 0.717) is 5.56 Å². The summed E-state index contributed by atoms with van der Waals surface area (Å²) in [5.74, 6) is -0.0324. The van der Waals surface area contributed by atoms with E-state index in [0.717, 1.165) is 11.6 Å². The van der Waals surface area contributed by atoms with Crippen LogP contribution in [0.15, 0.2) is 41.7 Å². The molecule has 0 amide bonds. The molecule has 0 aliphatic rings. The Morgan fingerprint density at radius 1 is 1.25 bits per heavy atom. The molecule has 2 aromatic rings. The maximum Gasteiger partial charge on any atom is 0.435 e. The van der Waals surface area contributed by atoms with Crippen molar-refractivity contribution in [3.8, 4) is 0 Å². The lowest BCUT2D eigenvalue weighted by Gasteiger charge is -2.04. The molecule has 0 saturated carbocycles. The van der Waals surface area contributed by atoms with E-state index in [1.807, 2.05) is 0 Å². The molecule has 1 aromatic carbocycles. The highest BCUT2D eigenvalue weighted by Gasteiger charge is 2.33. The van der Waals surface area contributed by atoms with Crippen LogP contribution in [0.2, 0.25) is 0 Å². The molecule has 106 valence electrons. The minimum atomic E-state index is -4.44. The first-order valence-electron chi connectivity index (χ1n) is 5.57. The van der Waals surface area contributed by atoms with E-state index in [2.05, 4.69) is 10.3 Å². The van der Waals surface area contributed by atoms with Gasteiger partial charge in [0.15, 0.2) is 11.5 Å². The Labute approximate surface area is 112 Å². The Balaban J connectivity index is 2.12. The minimum absolute atomic E-state index is 0.0324. The third-order valence-electron chi connectivity index (χ3n) is 2.63. The Kier molecular flexibility index (Phi) is 3.64. The predicted octanol–water partition coefficient (Wildman–Crippen LogP) is 2.04. The molecular weight excluding hydrogens is 273 g/mol. The molecule has 0 unspecified atom stereocenters. The average molecular weight is 284 g/mol. The molecule has 8 heteroatoms. The first-order chi connectivity index (χ1) is 9.40. The molecule has 1 aromatic heterocycles. The minimum Gasteiger partial charge on any atom is -0.409 e. The summed E-state index contributed by atoms with van der Waals surface area (Å²) in [4.78, 5) is 0. The number of oxime groups is 1. The second-order valence-electron chi connectivity index (χ2n) is 4.08. The zero-order valence-corrected chi connectivity index (χ0v) is 10.2. The molecule has 0 spiro atoms. The summed E-state index contributed by atoms with van der Waals surface area (Å²) in [6.45, 7) is 0.201. The van der Waals surface area contributed by atoms with Gasteiger partial charge in [-0.05, 0) is 11.6 Å². The average Bonchev–Trinajstić information content (AvgIpc) is 2.87. The monoisotopic (exact) mass is 284 g/mol. The fourth-order valence-corrected chi connectivity index (χ4v) is 1.63. The van der Waals surface area contributed by atoms with Crippen LogP contribution in [0.3, 0.4) is 0 Å². The van der Waals surface area contributed by atoms with E-state index >= 15 is 0 Å². The van der Waals surface area contributed by atoms with Crippen LogP contribution in [-0.4, -0.2) is 20.8 Å². The Bertz CT molecular complexity index is 616. The zero-order valence-electron chi connectivity index (χ0n) is 10.2. The van der Waals surface area contributed by atoms with Crippen molar-refractivity contribution >= 4 is 5.84 Å². The molecule has 2 rings (SSSR count). The molecule has 0 radical (unpaired) electrons. The van der Waals surface area contributed by atoms with Crippen molar-refractivity contribution in [2.75, 3.05) is 0 Å². The maximum atomic E-state index is 12.4. The number of nitrogens with two attached hydrogens (primary N) is 1. The highest BCUT2D eigenvalue weighted by molar-refractivity contribution is 5.96. The van der Waals surface area contributed by atoms with Gasteiger partial charge in [0.1, 0.15) is 0 Å². The Hall–Kier alpha value is -2.51. The fourth-order valence-electron chi connectivity index (χ4n) is 1.63. The molecule has 0 saturated heterocycles. The van der Waals surface area contributed by atoms with Gasteiger partial charge in [-0.25, -0.2) is 0 Å². The molecule has 0 atom stereocenters. The Morgan fingerprint density at radius 2 is 1.90 bits per heavy atom. The summed E-state index contributed by atoms with van der Waals surface area (Å²) >= 11 is 0. The molecule has 0 bridgehead atoms. The van der Waals surface area contributed by atoms with Crippen LogP contribution in [0, 0.1) is 0 Å². The predicted molar refractivity (Wildman–Crippen MR) is 65.3 cm³/mol. The lowest BCUT2D eigenvalue weighted by molar-refractivity contribution is -0.141. The quantitative estimate of drug-likeness (QED) is 0.392. The number of aromatic nitrogens is 2. The summed E-state index contributed by atoms with van der Waals surface area (Å²) in [5, 5.41) is 14.8. The van der Waals surface area contributed by atoms with E-state index in [-0.39, 0.29) is 12.4 Å². The summed E-state index contributed by atoms with van der Waals surface area (Å²) < 4.78 is 38.4. The fraction of sp³-hybridized carbons (Fsp3) is 0.167. The van der Waals surface area contributed by atoms with Gasteiger partial charge in [0, 0.05) is 11.8 Å². The number of nitrogens with zero attached hydrogens (tertiary/aromatic N) is 3. The second-order valence-corrected chi connectivity index (χ2v) is 4.08. The maximum absolute atomic E-state index is 12.4. The SMILES string of the molecule is NC(=NO)c1ccc(Cn2ccc(C(F)(F)F)n2)cc1. The van der Waals surface area contributed by atoms with Crippen molar-refractivity contribution in [2.24, 2.45) is 10.9 Å². The van der Waals surface area contributed by atoms with Crippen LogP contribution < -0.4 is 5.73 Å².